The van der Waals surface area contributed by atoms with E-state index in [0.29, 0.717) is 12.8 Å². The Balaban J connectivity index is 0.000000433. The van der Waals surface area contributed by atoms with Crippen LogP contribution in [-0.4, -0.2) is 45.6 Å². The van der Waals surface area contributed by atoms with Crippen molar-refractivity contribution in [2.45, 2.75) is 45.4 Å². The summed E-state index contributed by atoms with van der Waals surface area (Å²) >= 11 is 0. The molecule has 0 heterocycles. The molecule has 2 atom stereocenters. The second-order valence-corrected chi connectivity index (χ2v) is 5.32. The number of aliphatic carboxylic acids is 2. The van der Waals surface area contributed by atoms with Gasteiger partial charge in [0.15, 0.2) is 0 Å². The molecule has 0 bridgehead atoms. The highest BCUT2D eigenvalue weighted by atomic mass is 16.4. The summed E-state index contributed by atoms with van der Waals surface area (Å²) in [4.78, 5) is 21.7. The average Bonchev–Trinajstić information content (AvgIpc) is 2.44. The molecular weight excluding hydrogens is 276 g/mol. The van der Waals surface area contributed by atoms with Crippen LogP contribution in [0.25, 0.3) is 0 Å². The van der Waals surface area contributed by atoms with Crippen molar-refractivity contribution in [3.05, 3.63) is 12.2 Å². The Morgan fingerprint density at radius 2 is 1.62 bits per heavy atom. The molecule has 0 spiro atoms. The van der Waals surface area contributed by atoms with Crippen molar-refractivity contribution in [3.63, 3.8) is 0 Å². The van der Waals surface area contributed by atoms with Crippen molar-refractivity contribution in [1.82, 2.24) is 0 Å². The van der Waals surface area contributed by atoms with E-state index in [9.17, 15) is 9.59 Å². The Morgan fingerprint density at radius 3 is 1.95 bits per heavy atom. The van der Waals surface area contributed by atoms with Crippen LogP contribution in [0.4, 0.5) is 0 Å². The summed E-state index contributed by atoms with van der Waals surface area (Å²) in [7, 11) is 0. The molecule has 21 heavy (non-hydrogen) atoms. The second kappa shape index (κ2) is 10.3. The van der Waals surface area contributed by atoms with Gasteiger partial charge in [0.1, 0.15) is 0 Å². The van der Waals surface area contributed by atoms with Gasteiger partial charge in [-0.3, -0.25) is 9.59 Å². The lowest BCUT2D eigenvalue weighted by Crippen LogP contribution is -2.40. The third kappa shape index (κ3) is 6.73. The van der Waals surface area contributed by atoms with Gasteiger partial charge in [0.05, 0.1) is 11.3 Å². The monoisotopic (exact) mass is 302 g/mol. The number of aliphatic hydroxyl groups is 2. The Bertz CT molecular complexity index is 346. The molecule has 0 fully saturated rings. The molecule has 0 amide bonds. The van der Waals surface area contributed by atoms with E-state index in [1.807, 2.05) is 0 Å². The molecule has 0 aromatic rings. The van der Waals surface area contributed by atoms with Gasteiger partial charge in [-0.2, -0.15) is 0 Å². The lowest BCUT2D eigenvalue weighted by atomic mass is 9.71. The largest absolute Gasteiger partial charge is 0.481 e. The Kier molecular flexibility index (Phi) is 9.65. The highest BCUT2D eigenvalue weighted by molar-refractivity contribution is 5.85. The lowest BCUT2D eigenvalue weighted by molar-refractivity contribution is -0.158. The molecule has 4 N–H and O–H groups in total. The summed E-state index contributed by atoms with van der Waals surface area (Å²) in [5.74, 6) is -2.92. The second-order valence-electron chi connectivity index (χ2n) is 5.32. The Labute approximate surface area is 125 Å². The zero-order chi connectivity index (χ0) is 16.3. The van der Waals surface area contributed by atoms with Gasteiger partial charge >= 0.3 is 11.9 Å². The predicted molar refractivity (Wildman–Crippen MR) is 77.9 cm³/mol. The van der Waals surface area contributed by atoms with Gasteiger partial charge in [0.2, 0.25) is 0 Å². The first-order valence-corrected chi connectivity index (χ1v) is 7.25. The van der Waals surface area contributed by atoms with E-state index < -0.39 is 23.3 Å². The Hall–Kier alpha value is -1.40. The molecular formula is C15H26O6. The van der Waals surface area contributed by atoms with Crippen LogP contribution in [0.1, 0.15) is 45.4 Å². The predicted octanol–water partition coefficient (Wildman–Crippen LogP) is 1.66. The highest BCUT2D eigenvalue weighted by Crippen LogP contribution is 2.36. The van der Waals surface area contributed by atoms with Crippen LogP contribution < -0.4 is 0 Å². The number of carboxylic acid groups (broad SMARTS) is 2. The average molecular weight is 302 g/mol. The number of aliphatic hydroxyl groups excluding tert-OH is 2. The topological polar surface area (TPSA) is 115 Å². The number of rotatable bonds is 7. The number of carboxylic acids is 2. The van der Waals surface area contributed by atoms with Crippen LogP contribution in [0.2, 0.25) is 0 Å². The minimum absolute atomic E-state index is 0.283. The van der Waals surface area contributed by atoms with Crippen LogP contribution in [0, 0.1) is 11.3 Å². The molecule has 1 aliphatic carbocycles. The van der Waals surface area contributed by atoms with E-state index in [1.54, 1.807) is 6.08 Å². The van der Waals surface area contributed by atoms with Crippen LogP contribution in [0.15, 0.2) is 12.2 Å². The number of hydrogen-bond acceptors (Lipinski definition) is 4. The molecule has 0 aromatic heterocycles. The smallest absolute Gasteiger partial charge is 0.314 e. The van der Waals surface area contributed by atoms with Crippen LogP contribution in [0.3, 0.4) is 0 Å². The van der Waals surface area contributed by atoms with Crippen molar-refractivity contribution < 1.29 is 30.0 Å². The van der Waals surface area contributed by atoms with E-state index >= 15 is 0 Å². The van der Waals surface area contributed by atoms with E-state index in [1.165, 1.54) is 13.0 Å². The van der Waals surface area contributed by atoms with E-state index in [4.69, 9.17) is 20.4 Å². The zero-order valence-electron chi connectivity index (χ0n) is 12.5. The summed E-state index contributed by atoms with van der Waals surface area (Å²) in [5.41, 5.74) is -1.25. The van der Waals surface area contributed by atoms with Gasteiger partial charge < -0.3 is 20.4 Å². The lowest BCUT2D eigenvalue weighted by Gasteiger charge is -2.30. The molecule has 0 radical (unpaired) electrons. The normalized spacial score (nSPS) is 24.0. The maximum atomic E-state index is 10.9. The molecule has 2 unspecified atom stereocenters. The van der Waals surface area contributed by atoms with Crippen molar-refractivity contribution >= 4 is 11.9 Å². The van der Waals surface area contributed by atoms with Gasteiger partial charge in [0, 0.05) is 13.2 Å². The van der Waals surface area contributed by atoms with Crippen molar-refractivity contribution in [1.29, 1.82) is 0 Å². The third-order valence-electron chi connectivity index (χ3n) is 3.64. The summed E-state index contributed by atoms with van der Waals surface area (Å²) in [6.45, 7) is 2.01. The minimum atomic E-state index is -1.25. The standard InChI is InChI=1S/C9H12O4.C6H14O2/c1-9(8(12)13)5-3-2-4-6(9)7(10)11;7-5-3-1-2-4-6-8/h3,5-6H,2,4H2,1H3,(H,10,11)(H,12,13);7-8H,1-6H2. The van der Waals surface area contributed by atoms with E-state index in [-0.39, 0.29) is 13.2 Å². The highest BCUT2D eigenvalue weighted by Gasteiger charge is 2.44. The van der Waals surface area contributed by atoms with E-state index in [2.05, 4.69) is 0 Å². The maximum Gasteiger partial charge on any atom is 0.314 e. The molecule has 0 aromatic carbocycles. The molecule has 0 saturated heterocycles. The summed E-state index contributed by atoms with van der Waals surface area (Å²) in [6, 6.07) is 0. The fourth-order valence-corrected chi connectivity index (χ4v) is 2.18. The number of allylic oxidation sites excluding steroid dienone is 1. The molecule has 6 nitrogen and oxygen atoms in total. The number of carbonyl (C=O) groups is 2. The van der Waals surface area contributed by atoms with Crippen LogP contribution in [-0.2, 0) is 9.59 Å². The van der Waals surface area contributed by atoms with Crippen LogP contribution >= 0.6 is 0 Å². The molecule has 1 aliphatic rings. The number of hydrogen-bond donors (Lipinski definition) is 4. The quantitative estimate of drug-likeness (QED) is 0.420. The zero-order valence-corrected chi connectivity index (χ0v) is 12.5. The fraction of sp³-hybridized carbons (Fsp3) is 0.733. The number of unbranched alkanes of at least 4 members (excludes halogenated alkanes) is 3. The van der Waals surface area contributed by atoms with Crippen molar-refractivity contribution in [2.75, 3.05) is 13.2 Å². The van der Waals surface area contributed by atoms with Gasteiger partial charge in [-0.15, -0.1) is 0 Å². The minimum Gasteiger partial charge on any atom is -0.481 e. The van der Waals surface area contributed by atoms with E-state index in [0.717, 1.165) is 25.7 Å². The fourth-order valence-electron chi connectivity index (χ4n) is 2.18. The third-order valence-corrected chi connectivity index (χ3v) is 3.64. The van der Waals surface area contributed by atoms with Gasteiger partial charge in [-0.25, -0.2) is 0 Å². The summed E-state index contributed by atoms with van der Waals surface area (Å²) < 4.78 is 0. The molecule has 6 heteroatoms. The first kappa shape index (κ1) is 19.6. The summed E-state index contributed by atoms with van der Waals surface area (Å²) in [6.07, 6.45) is 8.08. The van der Waals surface area contributed by atoms with Gasteiger partial charge in [-0.1, -0.05) is 25.0 Å². The summed E-state index contributed by atoms with van der Waals surface area (Å²) in [5, 5.41) is 34.3. The molecule has 122 valence electrons. The molecule has 1 rings (SSSR count). The maximum absolute atomic E-state index is 10.9. The first-order chi connectivity index (χ1) is 9.90. The molecule has 0 saturated carbocycles. The van der Waals surface area contributed by atoms with Crippen molar-refractivity contribution in [2.24, 2.45) is 11.3 Å². The molecule has 0 aliphatic heterocycles. The van der Waals surface area contributed by atoms with Crippen molar-refractivity contribution in [3.8, 4) is 0 Å². The van der Waals surface area contributed by atoms with Crippen LogP contribution in [0.5, 0.6) is 0 Å². The SMILES string of the molecule is CC1(C(=O)O)C=CCCC1C(=O)O.OCCCCCCO. The Morgan fingerprint density at radius 1 is 1.10 bits per heavy atom. The van der Waals surface area contributed by atoms with Gasteiger partial charge in [-0.05, 0) is 32.6 Å². The van der Waals surface area contributed by atoms with Gasteiger partial charge in [0.25, 0.3) is 0 Å². The first-order valence-electron chi connectivity index (χ1n) is 7.25.